The highest BCUT2D eigenvalue weighted by Crippen LogP contribution is 2.23. The van der Waals surface area contributed by atoms with E-state index in [-0.39, 0.29) is 6.54 Å². The fourth-order valence-corrected chi connectivity index (χ4v) is 1.98. The molecule has 1 aromatic carbocycles. The Morgan fingerprint density at radius 1 is 1.35 bits per heavy atom. The first-order chi connectivity index (χ1) is 8.25. The van der Waals surface area contributed by atoms with Crippen LogP contribution in [-0.4, -0.2) is 28.4 Å². The molecule has 0 saturated carbocycles. The van der Waals surface area contributed by atoms with Gasteiger partial charge in [-0.1, -0.05) is 24.3 Å². The summed E-state index contributed by atoms with van der Waals surface area (Å²) in [7, 11) is 0. The summed E-state index contributed by atoms with van der Waals surface area (Å²) in [5, 5.41) is 8.94. The number of amidine groups is 1. The van der Waals surface area contributed by atoms with Gasteiger partial charge in [-0.25, -0.2) is 4.79 Å². The normalized spacial score (nSPS) is 16.8. The molecule has 0 aliphatic carbocycles. The number of hydrogen-bond donors (Lipinski definition) is 1. The molecule has 0 amide bonds. The number of nitrogens with zero attached hydrogens (tertiary/aromatic N) is 2. The maximum Gasteiger partial charge on any atom is 0.334 e. The minimum atomic E-state index is -0.917. The van der Waals surface area contributed by atoms with Gasteiger partial charge in [0, 0.05) is 18.0 Å². The molecule has 84 valence electrons. The second-order valence-corrected chi connectivity index (χ2v) is 3.91. The zero-order valence-electron chi connectivity index (χ0n) is 9.00. The second kappa shape index (κ2) is 3.59. The van der Waals surface area contributed by atoms with Gasteiger partial charge in [-0.3, -0.25) is 4.99 Å². The van der Waals surface area contributed by atoms with Gasteiger partial charge in [0.2, 0.25) is 0 Å². The van der Waals surface area contributed by atoms with Gasteiger partial charge in [-0.15, -0.1) is 0 Å². The number of carboxylic acid groups (broad SMARTS) is 1. The van der Waals surface area contributed by atoms with E-state index in [4.69, 9.17) is 5.11 Å². The van der Waals surface area contributed by atoms with E-state index < -0.39 is 5.97 Å². The highest BCUT2D eigenvalue weighted by atomic mass is 16.4. The third kappa shape index (κ3) is 1.54. The Balaban J connectivity index is 2.06. The topological polar surface area (TPSA) is 52.9 Å². The Kier molecular flexibility index (Phi) is 2.08. The molecule has 17 heavy (non-hydrogen) atoms. The summed E-state index contributed by atoms with van der Waals surface area (Å²) in [6, 6.07) is 7.93. The second-order valence-electron chi connectivity index (χ2n) is 3.91. The monoisotopic (exact) mass is 226 g/mol. The van der Waals surface area contributed by atoms with Gasteiger partial charge >= 0.3 is 5.97 Å². The van der Waals surface area contributed by atoms with Gasteiger partial charge < -0.3 is 10.0 Å². The Morgan fingerprint density at radius 3 is 3.00 bits per heavy atom. The van der Waals surface area contributed by atoms with Crippen molar-refractivity contribution in [3.05, 3.63) is 53.4 Å². The first kappa shape index (κ1) is 9.84. The summed E-state index contributed by atoms with van der Waals surface area (Å²) in [6.07, 6.45) is 5.41. The molecule has 1 aromatic rings. The Morgan fingerprint density at radius 2 is 2.18 bits per heavy atom. The standard InChI is InChI=1S/C13H10N2O2/c16-13(17)10-7-14-12-11-4-2-1-3-9(11)5-6-15(12)8-10/h1-6,8H,7H2,(H,16,17). The average molecular weight is 226 g/mol. The van der Waals surface area contributed by atoms with Crippen LogP contribution in [0.2, 0.25) is 0 Å². The lowest BCUT2D eigenvalue weighted by Gasteiger charge is -2.27. The van der Waals surface area contributed by atoms with Crippen molar-refractivity contribution in [2.75, 3.05) is 6.54 Å². The smallest absolute Gasteiger partial charge is 0.334 e. The molecule has 2 aliphatic rings. The molecule has 0 bridgehead atoms. The molecule has 0 atom stereocenters. The molecule has 0 radical (unpaired) electrons. The number of carbonyl (C=O) groups is 1. The Hall–Kier alpha value is -2.36. The largest absolute Gasteiger partial charge is 0.478 e. The molecule has 2 aliphatic heterocycles. The number of carboxylic acids is 1. The van der Waals surface area contributed by atoms with E-state index in [9.17, 15) is 4.79 Å². The molecule has 0 saturated heterocycles. The van der Waals surface area contributed by atoms with Crippen LogP contribution >= 0.6 is 0 Å². The summed E-state index contributed by atoms with van der Waals surface area (Å²) >= 11 is 0. The van der Waals surface area contributed by atoms with Crippen LogP contribution in [0.25, 0.3) is 6.08 Å². The van der Waals surface area contributed by atoms with Crippen molar-refractivity contribution in [3.8, 4) is 0 Å². The minimum absolute atomic E-state index is 0.226. The molecule has 4 nitrogen and oxygen atoms in total. The number of benzene rings is 1. The highest BCUT2D eigenvalue weighted by Gasteiger charge is 2.22. The predicted octanol–water partition coefficient (Wildman–Crippen LogP) is 1.70. The fraction of sp³-hybridized carbons (Fsp3) is 0.0769. The molecule has 0 aromatic heterocycles. The molecule has 2 heterocycles. The lowest BCUT2D eigenvalue weighted by molar-refractivity contribution is -0.132. The quantitative estimate of drug-likeness (QED) is 0.793. The van der Waals surface area contributed by atoms with E-state index in [1.54, 1.807) is 11.1 Å². The van der Waals surface area contributed by atoms with E-state index in [2.05, 4.69) is 4.99 Å². The molecule has 0 unspecified atom stereocenters. The molecule has 3 rings (SSSR count). The van der Waals surface area contributed by atoms with Gasteiger partial charge in [-0.2, -0.15) is 0 Å². The van der Waals surface area contributed by atoms with Crippen LogP contribution in [0.3, 0.4) is 0 Å². The number of aliphatic imine (C=N–C) groups is 1. The lowest BCUT2D eigenvalue weighted by Crippen LogP contribution is -2.30. The SMILES string of the molecule is O=C(O)C1=CN2C=Cc3ccccc3C2=NC1. The lowest BCUT2D eigenvalue weighted by atomic mass is 10.0. The van der Waals surface area contributed by atoms with Crippen molar-refractivity contribution in [2.45, 2.75) is 0 Å². The van der Waals surface area contributed by atoms with Crippen molar-refractivity contribution < 1.29 is 9.90 Å². The van der Waals surface area contributed by atoms with E-state index in [1.807, 2.05) is 36.5 Å². The Labute approximate surface area is 98.2 Å². The van der Waals surface area contributed by atoms with Crippen LogP contribution in [0.5, 0.6) is 0 Å². The van der Waals surface area contributed by atoms with E-state index in [1.165, 1.54) is 0 Å². The molecule has 1 N–H and O–H groups in total. The van der Waals surface area contributed by atoms with Crippen molar-refractivity contribution in [1.82, 2.24) is 4.90 Å². The first-order valence-corrected chi connectivity index (χ1v) is 5.30. The zero-order valence-corrected chi connectivity index (χ0v) is 9.00. The van der Waals surface area contributed by atoms with Gasteiger partial charge in [-0.05, 0) is 11.6 Å². The van der Waals surface area contributed by atoms with Crippen molar-refractivity contribution in [3.63, 3.8) is 0 Å². The van der Waals surface area contributed by atoms with Gasteiger partial charge in [0.15, 0.2) is 0 Å². The van der Waals surface area contributed by atoms with Crippen LogP contribution in [0, 0.1) is 0 Å². The molecular weight excluding hydrogens is 216 g/mol. The third-order valence-electron chi connectivity index (χ3n) is 2.83. The molecule has 0 fully saturated rings. The predicted molar refractivity (Wildman–Crippen MR) is 64.4 cm³/mol. The molecule has 4 heteroatoms. The van der Waals surface area contributed by atoms with Gasteiger partial charge in [0.25, 0.3) is 0 Å². The number of aliphatic carboxylic acids is 1. The number of fused-ring (bicyclic) bond motifs is 3. The van der Waals surface area contributed by atoms with Crippen LogP contribution in [0.15, 0.2) is 47.2 Å². The molecule has 0 spiro atoms. The summed E-state index contributed by atoms with van der Waals surface area (Å²) in [5.74, 6) is -0.104. The van der Waals surface area contributed by atoms with Crippen LogP contribution in [0.4, 0.5) is 0 Å². The number of hydrogen-bond acceptors (Lipinski definition) is 3. The number of rotatable bonds is 1. The zero-order chi connectivity index (χ0) is 11.8. The summed E-state index contributed by atoms with van der Waals surface area (Å²) < 4.78 is 0. The van der Waals surface area contributed by atoms with E-state index >= 15 is 0 Å². The fourth-order valence-electron chi connectivity index (χ4n) is 1.98. The maximum absolute atomic E-state index is 10.9. The van der Waals surface area contributed by atoms with Crippen molar-refractivity contribution in [2.24, 2.45) is 4.99 Å². The van der Waals surface area contributed by atoms with Gasteiger partial charge in [0.05, 0.1) is 12.1 Å². The minimum Gasteiger partial charge on any atom is -0.478 e. The van der Waals surface area contributed by atoms with Crippen molar-refractivity contribution >= 4 is 17.9 Å². The van der Waals surface area contributed by atoms with Gasteiger partial charge in [0.1, 0.15) is 5.84 Å². The highest BCUT2D eigenvalue weighted by molar-refractivity contribution is 6.06. The van der Waals surface area contributed by atoms with Crippen LogP contribution < -0.4 is 0 Å². The van der Waals surface area contributed by atoms with E-state index in [0.29, 0.717) is 5.57 Å². The molecular formula is C13H10N2O2. The maximum atomic E-state index is 10.9. The van der Waals surface area contributed by atoms with Crippen molar-refractivity contribution in [1.29, 1.82) is 0 Å². The first-order valence-electron chi connectivity index (χ1n) is 5.30. The summed E-state index contributed by atoms with van der Waals surface area (Å²) in [5.41, 5.74) is 2.45. The third-order valence-corrected chi connectivity index (χ3v) is 2.83. The van der Waals surface area contributed by atoms with E-state index in [0.717, 1.165) is 17.0 Å². The summed E-state index contributed by atoms with van der Waals surface area (Å²) in [6.45, 7) is 0.226. The van der Waals surface area contributed by atoms with Crippen LogP contribution in [0.1, 0.15) is 11.1 Å². The Bertz CT molecular complexity index is 585. The van der Waals surface area contributed by atoms with Crippen LogP contribution in [-0.2, 0) is 4.79 Å². The summed E-state index contributed by atoms with van der Waals surface area (Å²) in [4.78, 5) is 17.0. The average Bonchev–Trinajstić information content (AvgIpc) is 2.38.